The number of fused-ring (bicyclic) bond motifs is 1. The Morgan fingerprint density at radius 2 is 2.33 bits per heavy atom. The molecule has 0 aliphatic carbocycles. The number of anilines is 1. The van der Waals surface area contributed by atoms with E-state index in [9.17, 15) is 4.79 Å². The lowest BCUT2D eigenvalue weighted by Crippen LogP contribution is -2.07. The van der Waals surface area contributed by atoms with Gasteiger partial charge in [-0.25, -0.2) is 0 Å². The van der Waals surface area contributed by atoms with E-state index in [4.69, 9.17) is 4.74 Å². The van der Waals surface area contributed by atoms with Crippen LogP contribution in [0.2, 0.25) is 0 Å². The van der Waals surface area contributed by atoms with Crippen molar-refractivity contribution in [1.29, 1.82) is 0 Å². The lowest BCUT2D eigenvalue weighted by atomic mass is 10.1. The van der Waals surface area contributed by atoms with Crippen molar-refractivity contribution in [3.8, 4) is 5.75 Å². The fourth-order valence-corrected chi connectivity index (χ4v) is 2.26. The van der Waals surface area contributed by atoms with Crippen LogP contribution < -0.4 is 10.1 Å². The first-order valence-corrected chi connectivity index (χ1v) is 5.61. The molecule has 2 rings (SSSR count). The van der Waals surface area contributed by atoms with Gasteiger partial charge in [-0.3, -0.25) is 4.79 Å². The molecule has 0 aromatic heterocycles. The minimum atomic E-state index is -0.0746. The monoisotopic (exact) mass is 269 g/mol. The summed E-state index contributed by atoms with van der Waals surface area (Å²) in [7, 11) is 0. The Bertz CT molecular complexity index is 429. The highest BCUT2D eigenvalue weighted by Gasteiger charge is 2.21. The molecule has 1 heterocycles. The second-order valence-corrected chi connectivity index (χ2v) is 4.44. The number of amides is 1. The summed E-state index contributed by atoms with van der Waals surface area (Å²) in [6, 6.07) is 1.93. The van der Waals surface area contributed by atoms with Crippen LogP contribution in [0.25, 0.3) is 0 Å². The SMILES string of the molecule is CC(=O)Nc1cc(C)c(Br)c2c1OCC2. The average molecular weight is 270 g/mol. The molecule has 1 aromatic rings. The summed E-state index contributed by atoms with van der Waals surface area (Å²) in [6.07, 6.45) is 0.893. The third kappa shape index (κ3) is 1.86. The Balaban J connectivity index is 2.52. The van der Waals surface area contributed by atoms with Gasteiger partial charge < -0.3 is 10.1 Å². The summed E-state index contributed by atoms with van der Waals surface area (Å²) in [5.41, 5.74) is 3.04. The average Bonchev–Trinajstić information content (AvgIpc) is 2.61. The number of carbonyl (C=O) groups excluding carboxylic acids is 1. The zero-order chi connectivity index (χ0) is 11.0. The van der Waals surface area contributed by atoms with Gasteiger partial charge in [-0.15, -0.1) is 0 Å². The van der Waals surface area contributed by atoms with E-state index in [0.717, 1.165) is 33.5 Å². The van der Waals surface area contributed by atoms with Gasteiger partial charge in [-0.2, -0.15) is 0 Å². The topological polar surface area (TPSA) is 38.3 Å². The van der Waals surface area contributed by atoms with Gasteiger partial charge in [0.2, 0.25) is 5.91 Å². The first-order chi connectivity index (χ1) is 7.09. The molecule has 1 amide bonds. The van der Waals surface area contributed by atoms with Crippen molar-refractivity contribution in [3.05, 3.63) is 21.7 Å². The van der Waals surface area contributed by atoms with Crippen molar-refractivity contribution in [3.63, 3.8) is 0 Å². The van der Waals surface area contributed by atoms with Crippen molar-refractivity contribution in [2.75, 3.05) is 11.9 Å². The maximum absolute atomic E-state index is 11.0. The number of halogens is 1. The van der Waals surface area contributed by atoms with Gasteiger partial charge >= 0.3 is 0 Å². The smallest absolute Gasteiger partial charge is 0.221 e. The summed E-state index contributed by atoms with van der Waals surface area (Å²) >= 11 is 3.54. The van der Waals surface area contributed by atoms with E-state index >= 15 is 0 Å². The van der Waals surface area contributed by atoms with E-state index in [1.54, 1.807) is 0 Å². The van der Waals surface area contributed by atoms with Gasteiger partial charge in [-0.05, 0) is 18.6 Å². The molecule has 1 N–H and O–H groups in total. The fourth-order valence-electron chi connectivity index (χ4n) is 1.77. The molecule has 0 radical (unpaired) electrons. The molecule has 4 heteroatoms. The van der Waals surface area contributed by atoms with Gasteiger partial charge in [0, 0.05) is 23.4 Å². The lowest BCUT2D eigenvalue weighted by Gasteiger charge is -2.11. The minimum absolute atomic E-state index is 0.0746. The Kier molecular flexibility index (Phi) is 2.69. The molecule has 1 aromatic carbocycles. The Morgan fingerprint density at radius 1 is 1.60 bits per heavy atom. The second-order valence-electron chi connectivity index (χ2n) is 3.64. The summed E-state index contributed by atoms with van der Waals surface area (Å²) in [6.45, 7) is 4.19. The van der Waals surface area contributed by atoms with E-state index in [2.05, 4.69) is 21.2 Å². The summed E-state index contributed by atoms with van der Waals surface area (Å²) in [5.74, 6) is 0.733. The van der Waals surface area contributed by atoms with E-state index in [1.165, 1.54) is 6.92 Å². The third-order valence-electron chi connectivity index (χ3n) is 2.40. The molecule has 0 saturated heterocycles. The van der Waals surface area contributed by atoms with Crippen molar-refractivity contribution in [2.45, 2.75) is 20.3 Å². The molecule has 0 saturated carbocycles. The quantitative estimate of drug-likeness (QED) is 0.852. The van der Waals surface area contributed by atoms with E-state index in [0.29, 0.717) is 6.61 Å². The van der Waals surface area contributed by atoms with Crippen LogP contribution in [0.15, 0.2) is 10.5 Å². The Hall–Kier alpha value is -1.03. The molecule has 0 unspecified atom stereocenters. The highest BCUT2D eigenvalue weighted by atomic mass is 79.9. The number of nitrogens with one attached hydrogen (secondary N) is 1. The molecule has 3 nitrogen and oxygen atoms in total. The highest BCUT2D eigenvalue weighted by Crippen LogP contribution is 2.40. The maximum atomic E-state index is 11.0. The number of carbonyl (C=O) groups is 1. The summed E-state index contributed by atoms with van der Waals surface area (Å²) < 4.78 is 6.61. The van der Waals surface area contributed by atoms with Gasteiger partial charge in [-0.1, -0.05) is 15.9 Å². The van der Waals surface area contributed by atoms with Crippen molar-refractivity contribution < 1.29 is 9.53 Å². The molecule has 0 spiro atoms. The number of hydrogen-bond donors (Lipinski definition) is 1. The van der Waals surface area contributed by atoms with Crippen molar-refractivity contribution in [2.24, 2.45) is 0 Å². The molecule has 80 valence electrons. The standard InChI is InChI=1S/C11H12BrNO2/c1-6-5-9(13-7(2)14)11-8(10(6)12)3-4-15-11/h5H,3-4H2,1-2H3,(H,13,14). The maximum Gasteiger partial charge on any atom is 0.221 e. The van der Waals surface area contributed by atoms with E-state index in [1.807, 2.05) is 13.0 Å². The van der Waals surface area contributed by atoms with Gasteiger partial charge in [0.25, 0.3) is 0 Å². The Labute approximate surface area is 96.9 Å². The lowest BCUT2D eigenvalue weighted by molar-refractivity contribution is -0.114. The third-order valence-corrected chi connectivity index (χ3v) is 3.50. The van der Waals surface area contributed by atoms with Crippen LogP contribution in [0.1, 0.15) is 18.1 Å². The Morgan fingerprint density at radius 3 is 3.00 bits per heavy atom. The molecule has 0 bridgehead atoms. The summed E-state index contributed by atoms with van der Waals surface area (Å²) in [5, 5.41) is 2.79. The van der Waals surface area contributed by atoms with Crippen LogP contribution in [0.3, 0.4) is 0 Å². The second kappa shape index (κ2) is 3.85. The van der Waals surface area contributed by atoms with Crippen LogP contribution in [0, 0.1) is 6.92 Å². The number of hydrogen-bond acceptors (Lipinski definition) is 2. The predicted octanol–water partition coefficient (Wildman–Crippen LogP) is 2.65. The van der Waals surface area contributed by atoms with Crippen molar-refractivity contribution in [1.82, 2.24) is 0 Å². The molecule has 1 aliphatic heterocycles. The van der Waals surface area contributed by atoms with E-state index < -0.39 is 0 Å². The molecular weight excluding hydrogens is 258 g/mol. The molecule has 0 atom stereocenters. The zero-order valence-corrected chi connectivity index (χ0v) is 10.3. The van der Waals surface area contributed by atoms with Crippen LogP contribution in [-0.2, 0) is 11.2 Å². The van der Waals surface area contributed by atoms with Gasteiger partial charge in [0.15, 0.2) is 0 Å². The van der Waals surface area contributed by atoms with E-state index in [-0.39, 0.29) is 5.91 Å². The summed E-state index contributed by atoms with van der Waals surface area (Å²) in [4.78, 5) is 11.0. The van der Waals surface area contributed by atoms with Crippen molar-refractivity contribution >= 4 is 27.5 Å². The number of aryl methyl sites for hydroxylation is 1. The van der Waals surface area contributed by atoms with Crippen LogP contribution in [0.5, 0.6) is 5.75 Å². The van der Waals surface area contributed by atoms with Crippen LogP contribution >= 0.6 is 15.9 Å². The highest BCUT2D eigenvalue weighted by molar-refractivity contribution is 9.10. The van der Waals surface area contributed by atoms with Crippen LogP contribution in [0.4, 0.5) is 5.69 Å². The predicted molar refractivity (Wildman–Crippen MR) is 62.4 cm³/mol. The first-order valence-electron chi connectivity index (χ1n) is 4.82. The molecular formula is C11H12BrNO2. The minimum Gasteiger partial charge on any atom is -0.491 e. The normalized spacial score (nSPS) is 13.3. The molecule has 1 aliphatic rings. The van der Waals surface area contributed by atoms with Gasteiger partial charge in [0.1, 0.15) is 5.75 Å². The molecule has 0 fully saturated rings. The number of ether oxygens (including phenoxy) is 1. The number of rotatable bonds is 1. The van der Waals surface area contributed by atoms with Crippen LogP contribution in [-0.4, -0.2) is 12.5 Å². The number of benzene rings is 1. The zero-order valence-electron chi connectivity index (χ0n) is 8.69. The molecule has 15 heavy (non-hydrogen) atoms. The van der Waals surface area contributed by atoms with Gasteiger partial charge in [0.05, 0.1) is 12.3 Å². The first kappa shape index (κ1) is 10.5. The fraction of sp³-hybridized carbons (Fsp3) is 0.364. The largest absolute Gasteiger partial charge is 0.491 e.